The average Bonchev–Trinajstić information content (AvgIpc) is 2.95. The number of carboxylic acid groups (broad SMARTS) is 1. The zero-order valence-electron chi connectivity index (χ0n) is 15.3. The van der Waals surface area contributed by atoms with Crippen LogP contribution in [0.2, 0.25) is 0 Å². The minimum Gasteiger partial charge on any atom is -0.495 e. The van der Waals surface area contributed by atoms with Gasteiger partial charge in [0.1, 0.15) is 16.2 Å². The number of hydrogen-bond acceptors (Lipinski definition) is 5. The molecule has 0 aromatic heterocycles. The number of benzene rings is 1. The highest BCUT2D eigenvalue weighted by Gasteiger charge is 2.46. The molecule has 1 aromatic carbocycles. The van der Waals surface area contributed by atoms with Crippen molar-refractivity contribution in [2.24, 2.45) is 0 Å². The van der Waals surface area contributed by atoms with Gasteiger partial charge >= 0.3 is 5.97 Å². The summed E-state index contributed by atoms with van der Waals surface area (Å²) in [6.07, 6.45) is 0.926. The van der Waals surface area contributed by atoms with E-state index < -0.39 is 27.4 Å². The molecule has 1 fully saturated rings. The first-order chi connectivity index (χ1) is 12.0. The van der Waals surface area contributed by atoms with E-state index in [1.807, 2.05) is 0 Å². The molecule has 1 saturated heterocycles. The molecule has 8 nitrogen and oxygen atoms in total. The number of aliphatic carboxylic acids is 1. The van der Waals surface area contributed by atoms with Crippen LogP contribution >= 0.6 is 0 Å². The van der Waals surface area contributed by atoms with Crippen LogP contribution in [0.25, 0.3) is 0 Å². The summed E-state index contributed by atoms with van der Waals surface area (Å²) in [6, 6.07) is 3.73. The normalized spacial score (nSPS) is 20.4. The average molecular weight is 384 g/mol. The number of carboxylic acids is 1. The van der Waals surface area contributed by atoms with Crippen molar-refractivity contribution in [1.82, 2.24) is 9.62 Å². The molecule has 1 heterocycles. The van der Waals surface area contributed by atoms with E-state index in [1.165, 1.54) is 37.1 Å². The second-order valence-electron chi connectivity index (χ2n) is 6.78. The van der Waals surface area contributed by atoms with Gasteiger partial charge in [0.2, 0.25) is 10.0 Å². The number of sulfonamides is 1. The number of carbonyl (C=O) groups is 2. The zero-order chi connectivity index (χ0) is 19.7. The molecule has 0 spiro atoms. The Morgan fingerprint density at radius 1 is 1.35 bits per heavy atom. The molecule has 144 valence electrons. The second-order valence-corrected chi connectivity index (χ2v) is 8.46. The molecule has 1 aromatic rings. The molecule has 1 unspecified atom stereocenters. The van der Waals surface area contributed by atoms with Gasteiger partial charge in [0.25, 0.3) is 5.91 Å². The number of rotatable bonds is 6. The molecule has 1 amide bonds. The largest absolute Gasteiger partial charge is 0.495 e. The molecule has 9 heteroatoms. The highest BCUT2D eigenvalue weighted by atomic mass is 32.2. The highest BCUT2D eigenvalue weighted by molar-refractivity contribution is 7.89. The van der Waals surface area contributed by atoms with Gasteiger partial charge in [-0.05, 0) is 51.8 Å². The first kappa shape index (κ1) is 20.2. The Bertz CT molecular complexity index is 821. The van der Waals surface area contributed by atoms with Crippen molar-refractivity contribution in [3.8, 4) is 5.75 Å². The van der Waals surface area contributed by atoms with Gasteiger partial charge in [-0.2, -0.15) is 0 Å². The SMILES string of the molecule is COc1ccc(C(=O)N2CCCC2(C)C(=O)O)cc1S(=O)(=O)NC(C)C. The quantitative estimate of drug-likeness (QED) is 0.768. The van der Waals surface area contributed by atoms with E-state index in [2.05, 4.69) is 4.72 Å². The Balaban J connectivity index is 2.47. The lowest BCUT2D eigenvalue weighted by Gasteiger charge is -2.31. The highest BCUT2D eigenvalue weighted by Crippen LogP contribution is 2.32. The van der Waals surface area contributed by atoms with Crippen LogP contribution in [0.1, 0.15) is 44.0 Å². The van der Waals surface area contributed by atoms with Gasteiger partial charge in [-0.3, -0.25) is 4.79 Å². The molecular formula is C17H24N2O6S. The van der Waals surface area contributed by atoms with Gasteiger partial charge < -0.3 is 14.7 Å². The fourth-order valence-corrected chi connectivity index (χ4v) is 4.51. The fraction of sp³-hybridized carbons (Fsp3) is 0.529. The summed E-state index contributed by atoms with van der Waals surface area (Å²) in [6.45, 7) is 5.17. The van der Waals surface area contributed by atoms with Crippen molar-refractivity contribution < 1.29 is 27.9 Å². The lowest BCUT2D eigenvalue weighted by Crippen LogP contribution is -2.50. The summed E-state index contributed by atoms with van der Waals surface area (Å²) in [4.78, 5) is 25.6. The van der Waals surface area contributed by atoms with E-state index in [1.54, 1.807) is 13.8 Å². The minimum absolute atomic E-state index is 0.101. The van der Waals surface area contributed by atoms with Gasteiger partial charge in [0.05, 0.1) is 7.11 Å². The van der Waals surface area contributed by atoms with E-state index in [0.29, 0.717) is 19.4 Å². The number of carbonyl (C=O) groups excluding carboxylic acids is 1. The molecule has 0 bridgehead atoms. The number of nitrogens with one attached hydrogen (secondary N) is 1. The van der Waals surface area contributed by atoms with E-state index in [0.717, 1.165) is 0 Å². The van der Waals surface area contributed by atoms with Crippen molar-refractivity contribution in [1.29, 1.82) is 0 Å². The molecule has 1 atom stereocenters. The van der Waals surface area contributed by atoms with Crippen LogP contribution in [0, 0.1) is 0 Å². The Hall–Kier alpha value is -2.13. The molecule has 2 N–H and O–H groups in total. The van der Waals surface area contributed by atoms with Gasteiger partial charge in [-0.15, -0.1) is 0 Å². The maximum absolute atomic E-state index is 12.9. The van der Waals surface area contributed by atoms with Crippen LogP contribution in [0.3, 0.4) is 0 Å². The van der Waals surface area contributed by atoms with Crippen LogP contribution in [-0.4, -0.2) is 55.5 Å². The van der Waals surface area contributed by atoms with Crippen LogP contribution in [-0.2, 0) is 14.8 Å². The van der Waals surface area contributed by atoms with Gasteiger partial charge in [-0.25, -0.2) is 17.9 Å². The monoisotopic (exact) mass is 384 g/mol. The number of amides is 1. The molecule has 0 aliphatic carbocycles. The van der Waals surface area contributed by atoms with Crippen molar-refractivity contribution >= 4 is 21.9 Å². The Labute approximate surface area is 153 Å². The Morgan fingerprint density at radius 2 is 2.00 bits per heavy atom. The van der Waals surface area contributed by atoms with Crippen LogP contribution in [0.15, 0.2) is 23.1 Å². The summed E-state index contributed by atoms with van der Waals surface area (Å²) >= 11 is 0. The smallest absolute Gasteiger partial charge is 0.329 e. The molecule has 0 radical (unpaired) electrons. The third kappa shape index (κ3) is 3.68. The maximum atomic E-state index is 12.9. The summed E-state index contributed by atoms with van der Waals surface area (Å²) < 4.78 is 32.7. The van der Waals surface area contributed by atoms with E-state index >= 15 is 0 Å². The van der Waals surface area contributed by atoms with Gasteiger partial charge in [-0.1, -0.05) is 0 Å². The van der Waals surface area contributed by atoms with Gasteiger partial charge in [0, 0.05) is 18.2 Å². The molecule has 2 rings (SSSR count). The summed E-state index contributed by atoms with van der Waals surface area (Å²) in [5.74, 6) is -1.49. The van der Waals surface area contributed by atoms with Crippen molar-refractivity contribution in [2.75, 3.05) is 13.7 Å². The maximum Gasteiger partial charge on any atom is 0.329 e. The third-order valence-corrected chi connectivity index (χ3v) is 6.12. The third-order valence-electron chi connectivity index (χ3n) is 4.44. The lowest BCUT2D eigenvalue weighted by molar-refractivity contribution is -0.147. The number of ether oxygens (including phenoxy) is 1. The Morgan fingerprint density at radius 3 is 2.54 bits per heavy atom. The second kappa shape index (κ2) is 7.24. The van der Waals surface area contributed by atoms with Crippen molar-refractivity contribution in [2.45, 2.75) is 50.1 Å². The fourth-order valence-electron chi connectivity index (χ4n) is 3.06. The molecule has 0 saturated carbocycles. The number of nitrogens with zero attached hydrogens (tertiary/aromatic N) is 1. The zero-order valence-corrected chi connectivity index (χ0v) is 16.1. The standard InChI is InChI=1S/C17H24N2O6S/c1-11(2)18-26(23,24)14-10-12(6-7-13(14)25-4)15(20)19-9-5-8-17(19,3)16(21)22/h6-7,10-11,18H,5,8-9H2,1-4H3,(H,21,22). The first-order valence-electron chi connectivity index (χ1n) is 8.28. The van der Waals surface area contributed by atoms with Crippen LogP contribution in [0.4, 0.5) is 0 Å². The molecule has 1 aliphatic heterocycles. The number of methoxy groups -OCH3 is 1. The summed E-state index contributed by atoms with van der Waals surface area (Å²) in [5.41, 5.74) is -1.20. The van der Waals surface area contributed by atoms with E-state index in [4.69, 9.17) is 4.74 Å². The lowest BCUT2D eigenvalue weighted by atomic mass is 9.98. The van der Waals surface area contributed by atoms with Crippen LogP contribution in [0.5, 0.6) is 5.75 Å². The first-order valence-corrected chi connectivity index (χ1v) is 9.77. The Kier molecular flexibility index (Phi) is 5.62. The van der Waals surface area contributed by atoms with E-state index in [-0.39, 0.29) is 22.3 Å². The number of hydrogen-bond donors (Lipinski definition) is 2. The van der Waals surface area contributed by atoms with Gasteiger partial charge in [0.15, 0.2) is 0 Å². The summed E-state index contributed by atoms with van der Waals surface area (Å²) in [7, 11) is -2.55. The van der Waals surface area contributed by atoms with Crippen molar-refractivity contribution in [3.05, 3.63) is 23.8 Å². The van der Waals surface area contributed by atoms with Crippen LogP contribution < -0.4 is 9.46 Å². The predicted octanol–water partition coefficient (Wildman–Crippen LogP) is 1.46. The number of likely N-dealkylation sites (tertiary alicyclic amines) is 1. The molecular weight excluding hydrogens is 360 g/mol. The predicted molar refractivity (Wildman–Crippen MR) is 94.8 cm³/mol. The summed E-state index contributed by atoms with van der Waals surface area (Å²) in [5, 5.41) is 9.48. The van der Waals surface area contributed by atoms with Crippen molar-refractivity contribution in [3.63, 3.8) is 0 Å². The van der Waals surface area contributed by atoms with E-state index in [9.17, 15) is 23.1 Å². The molecule has 1 aliphatic rings. The molecule has 26 heavy (non-hydrogen) atoms. The minimum atomic E-state index is -3.89. The topological polar surface area (TPSA) is 113 Å².